The highest BCUT2D eigenvalue weighted by Crippen LogP contribution is 2.28. The Morgan fingerprint density at radius 1 is 0.857 bits per heavy atom. The Kier molecular flexibility index (Phi) is 14.4. The minimum Gasteiger partial charge on any atom is -0.506 e. The van der Waals surface area contributed by atoms with E-state index < -0.39 is 6.09 Å². The number of hydrogen-bond acceptors (Lipinski definition) is 9. The van der Waals surface area contributed by atoms with Gasteiger partial charge in [-0.15, -0.1) is 0 Å². The number of rotatable bonds is 16. The summed E-state index contributed by atoms with van der Waals surface area (Å²) in [5.74, 6) is -0.598. The first-order valence-corrected chi connectivity index (χ1v) is 21.2. The van der Waals surface area contributed by atoms with Crippen LogP contribution >= 0.6 is 0 Å². The highest BCUT2D eigenvalue weighted by molar-refractivity contribution is 6.09. The monoisotopic (exact) mass is 848 g/mol. The molecule has 1 atom stereocenters. The topological polar surface area (TPSA) is 173 Å². The molecule has 1 fully saturated rings. The van der Waals surface area contributed by atoms with Crippen molar-refractivity contribution in [2.45, 2.75) is 51.3 Å². The maximum Gasteiger partial charge on any atom is 0.411 e. The van der Waals surface area contributed by atoms with Crippen LogP contribution in [0.5, 0.6) is 5.75 Å². The number of piperidine rings is 1. The first kappa shape index (κ1) is 44.0. The number of ether oxygens (including phenoxy) is 1. The van der Waals surface area contributed by atoms with Gasteiger partial charge in [0, 0.05) is 79.5 Å². The molecule has 324 valence electrons. The first-order chi connectivity index (χ1) is 30.5. The molecule has 5 aromatic carbocycles. The van der Waals surface area contributed by atoms with Crippen molar-refractivity contribution in [1.82, 2.24) is 20.5 Å². The van der Waals surface area contributed by atoms with Crippen molar-refractivity contribution in [2.24, 2.45) is 0 Å². The lowest BCUT2D eigenvalue weighted by Crippen LogP contribution is -2.40. The number of ketones is 1. The molecular formula is C50H52N6O7. The lowest BCUT2D eigenvalue weighted by Gasteiger charge is -2.31. The summed E-state index contributed by atoms with van der Waals surface area (Å²) < 4.78 is 5.78. The van der Waals surface area contributed by atoms with Gasteiger partial charge >= 0.3 is 6.09 Å². The van der Waals surface area contributed by atoms with Crippen LogP contribution in [-0.2, 0) is 22.5 Å². The van der Waals surface area contributed by atoms with E-state index >= 15 is 0 Å². The fourth-order valence-corrected chi connectivity index (χ4v) is 7.84. The van der Waals surface area contributed by atoms with Crippen LogP contribution in [0, 0.1) is 0 Å². The van der Waals surface area contributed by atoms with Gasteiger partial charge in [-0.2, -0.15) is 0 Å². The molecule has 1 aliphatic rings. The number of benzene rings is 5. The van der Waals surface area contributed by atoms with E-state index in [1.807, 2.05) is 91.9 Å². The third-order valence-electron chi connectivity index (χ3n) is 11.3. The largest absolute Gasteiger partial charge is 0.506 e. The Morgan fingerprint density at radius 3 is 2.41 bits per heavy atom. The smallest absolute Gasteiger partial charge is 0.411 e. The number of carbonyl (C=O) groups is 4. The van der Waals surface area contributed by atoms with Gasteiger partial charge in [-0.3, -0.25) is 24.5 Å². The first-order valence-electron chi connectivity index (χ1n) is 21.2. The van der Waals surface area contributed by atoms with Crippen LogP contribution < -0.4 is 26.4 Å². The predicted molar refractivity (Wildman–Crippen MR) is 245 cm³/mol. The number of aromatic hydroxyl groups is 1. The van der Waals surface area contributed by atoms with E-state index in [1.165, 1.54) is 18.2 Å². The maximum atomic E-state index is 13.3. The number of Topliss-reactive ketones (excluding diaryl/α,β-unsaturated/α-hetero) is 1. The van der Waals surface area contributed by atoms with E-state index in [9.17, 15) is 29.1 Å². The minimum atomic E-state index is -0.481. The van der Waals surface area contributed by atoms with Gasteiger partial charge in [-0.1, -0.05) is 78.9 Å². The van der Waals surface area contributed by atoms with Gasteiger partial charge in [0.15, 0.2) is 5.78 Å². The van der Waals surface area contributed by atoms with Crippen LogP contribution in [0.15, 0.2) is 132 Å². The molecule has 0 spiro atoms. The van der Waals surface area contributed by atoms with Crippen molar-refractivity contribution < 1.29 is 29.0 Å². The van der Waals surface area contributed by atoms with Gasteiger partial charge < -0.3 is 35.3 Å². The fraction of sp³-hybridized carbons (Fsp3) is 0.260. The summed E-state index contributed by atoms with van der Waals surface area (Å²) in [6.45, 7) is 4.34. The van der Waals surface area contributed by atoms with Crippen molar-refractivity contribution in [3.8, 4) is 16.9 Å². The fourth-order valence-electron chi connectivity index (χ4n) is 7.84. The zero-order valence-corrected chi connectivity index (χ0v) is 35.4. The summed E-state index contributed by atoms with van der Waals surface area (Å²) in [5.41, 5.74) is 5.90. The number of aromatic nitrogens is 1. The number of likely N-dealkylation sites (tertiary alicyclic amines) is 1. The van der Waals surface area contributed by atoms with Crippen LogP contribution in [0.2, 0.25) is 0 Å². The molecule has 2 heterocycles. The van der Waals surface area contributed by atoms with E-state index in [1.54, 1.807) is 36.2 Å². The molecule has 13 heteroatoms. The van der Waals surface area contributed by atoms with E-state index in [4.69, 9.17) is 4.74 Å². The Balaban J connectivity index is 0.827. The van der Waals surface area contributed by atoms with Crippen molar-refractivity contribution >= 4 is 46.0 Å². The molecular weight excluding hydrogens is 797 g/mol. The molecule has 0 bridgehead atoms. The third-order valence-corrected chi connectivity index (χ3v) is 11.3. The zero-order chi connectivity index (χ0) is 44.3. The third kappa shape index (κ3) is 11.6. The van der Waals surface area contributed by atoms with Gasteiger partial charge in [0.1, 0.15) is 11.9 Å². The summed E-state index contributed by atoms with van der Waals surface area (Å²) in [6.07, 6.45) is 1.58. The van der Waals surface area contributed by atoms with Crippen LogP contribution in [-0.4, -0.2) is 84.1 Å². The second-order valence-electron chi connectivity index (χ2n) is 15.9. The molecule has 5 N–H and O–H groups in total. The van der Waals surface area contributed by atoms with Crippen molar-refractivity contribution in [3.05, 3.63) is 160 Å². The summed E-state index contributed by atoms with van der Waals surface area (Å²) in [4.78, 5) is 70.6. The molecule has 1 saturated heterocycles. The van der Waals surface area contributed by atoms with Gasteiger partial charge in [0.2, 0.25) is 11.5 Å². The number of amides is 3. The van der Waals surface area contributed by atoms with Gasteiger partial charge in [0.05, 0.1) is 17.7 Å². The molecule has 1 aromatic heterocycles. The Morgan fingerprint density at radius 2 is 1.60 bits per heavy atom. The molecule has 0 radical (unpaired) electrons. The quantitative estimate of drug-likeness (QED) is 0.0627. The molecule has 1 unspecified atom stereocenters. The van der Waals surface area contributed by atoms with Crippen LogP contribution in [0.4, 0.5) is 16.2 Å². The zero-order valence-electron chi connectivity index (χ0n) is 35.4. The standard InChI is InChI=1S/C50H52N6O7/c1-33(51-32-45(58)41-18-20-44(57)48-42(41)19-21-46(59)54-48)28-34-10-8-11-35(29-34)31-52-49(61)37-14-9-15-38(30-37)55(2)47(60)24-27-56-25-22-39(23-26-56)63-50(62)53-43-17-7-6-16-40(43)36-12-4-3-5-13-36/h3-21,29-30,33,39,51,57H,22-28,31-32H2,1-2H3,(H,52,61)(H,53,62)(H,54,59). The minimum absolute atomic E-state index is 0.0497. The molecule has 63 heavy (non-hydrogen) atoms. The summed E-state index contributed by atoms with van der Waals surface area (Å²) in [7, 11) is 1.71. The Labute approximate surface area is 366 Å². The lowest BCUT2D eigenvalue weighted by molar-refractivity contribution is -0.118. The molecule has 3 amide bonds. The number of pyridine rings is 1. The van der Waals surface area contributed by atoms with Gasteiger partial charge in [-0.05, 0) is 85.3 Å². The summed E-state index contributed by atoms with van der Waals surface area (Å²) in [6, 6.07) is 38.2. The van der Waals surface area contributed by atoms with Crippen LogP contribution in [0.25, 0.3) is 22.0 Å². The van der Waals surface area contributed by atoms with E-state index in [2.05, 4.69) is 25.8 Å². The number of anilines is 2. The lowest BCUT2D eigenvalue weighted by atomic mass is 10.0. The summed E-state index contributed by atoms with van der Waals surface area (Å²) >= 11 is 0. The SMILES string of the molecule is CC(Cc1cccc(CNC(=O)c2cccc(N(C)C(=O)CCN3CCC(OC(=O)Nc4ccccc4-c4ccccc4)CC3)c2)c1)NCC(=O)c1ccc(O)c2[nH]c(=O)ccc12. The van der Waals surface area contributed by atoms with E-state index in [0.29, 0.717) is 79.8 Å². The number of para-hydroxylation sites is 1. The molecule has 13 nitrogen and oxygen atoms in total. The number of aromatic amines is 1. The Bertz CT molecular complexity index is 2640. The Hall–Kier alpha value is -7.09. The molecule has 0 aliphatic carbocycles. The van der Waals surface area contributed by atoms with Crippen molar-refractivity contribution in [3.63, 3.8) is 0 Å². The average Bonchev–Trinajstić information content (AvgIpc) is 3.30. The highest BCUT2D eigenvalue weighted by Gasteiger charge is 2.24. The van der Waals surface area contributed by atoms with Crippen molar-refractivity contribution in [1.29, 1.82) is 0 Å². The number of fused-ring (bicyclic) bond motifs is 1. The predicted octanol–water partition coefficient (Wildman–Crippen LogP) is 7.30. The number of phenols is 1. The number of nitrogens with zero attached hydrogens (tertiary/aromatic N) is 2. The number of H-pyrrole nitrogens is 1. The van der Waals surface area contributed by atoms with Crippen molar-refractivity contribution in [2.75, 3.05) is 43.4 Å². The highest BCUT2D eigenvalue weighted by atomic mass is 16.6. The average molecular weight is 849 g/mol. The molecule has 7 rings (SSSR count). The van der Waals surface area contributed by atoms with Crippen LogP contribution in [0.1, 0.15) is 58.0 Å². The number of nitrogens with one attached hydrogen (secondary N) is 4. The van der Waals surface area contributed by atoms with E-state index in [-0.39, 0.29) is 53.1 Å². The second kappa shape index (κ2) is 20.6. The van der Waals surface area contributed by atoms with Gasteiger partial charge in [0.25, 0.3) is 5.91 Å². The second-order valence-corrected chi connectivity index (χ2v) is 15.9. The maximum absolute atomic E-state index is 13.3. The summed E-state index contributed by atoms with van der Waals surface area (Å²) in [5, 5.41) is 19.8. The number of carbonyl (C=O) groups excluding carboxylic acids is 4. The van der Waals surface area contributed by atoms with E-state index in [0.717, 1.165) is 22.3 Å². The van der Waals surface area contributed by atoms with Crippen LogP contribution in [0.3, 0.4) is 0 Å². The molecule has 1 aliphatic heterocycles. The normalized spacial score (nSPS) is 13.6. The van der Waals surface area contributed by atoms with Gasteiger partial charge in [-0.25, -0.2) is 4.79 Å². The molecule has 6 aromatic rings. The number of phenolic OH excluding ortho intramolecular Hbond substituents is 1. The molecule has 0 saturated carbocycles. The number of hydrogen-bond donors (Lipinski definition) is 5.